The molecule has 0 radical (unpaired) electrons. The highest BCUT2D eigenvalue weighted by Gasteiger charge is 2.33. The summed E-state index contributed by atoms with van der Waals surface area (Å²) in [6.07, 6.45) is 0.126. The Balaban J connectivity index is 2.53. The first-order valence-electron chi connectivity index (χ1n) is 5.59. The summed E-state index contributed by atoms with van der Waals surface area (Å²) >= 11 is 1.60. The van der Waals surface area contributed by atoms with Crippen LogP contribution in [0.4, 0.5) is 4.79 Å². The lowest BCUT2D eigenvalue weighted by atomic mass is 9.99. The molecule has 17 heavy (non-hydrogen) atoms. The van der Waals surface area contributed by atoms with Gasteiger partial charge in [-0.2, -0.15) is 11.8 Å². The Morgan fingerprint density at radius 3 is 2.59 bits per heavy atom. The van der Waals surface area contributed by atoms with Gasteiger partial charge in [0.15, 0.2) is 0 Å². The maximum Gasteiger partial charge on any atom is 0.407 e. The quantitative estimate of drug-likeness (QED) is 0.791. The van der Waals surface area contributed by atoms with E-state index in [1.807, 2.05) is 0 Å². The molecule has 1 saturated heterocycles. The minimum absolute atomic E-state index is 0.330. The van der Waals surface area contributed by atoms with Crippen LogP contribution in [0.3, 0.4) is 0 Å². The van der Waals surface area contributed by atoms with E-state index >= 15 is 0 Å². The van der Waals surface area contributed by atoms with Crippen LogP contribution in [-0.4, -0.2) is 40.3 Å². The number of ether oxygens (including phenoxy) is 1. The van der Waals surface area contributed by atoms with Gasteiger partial charge in [0.1, 0.15) is 5.60 Å². The minimum Gasteiger partial charge on any atom is -0.481 e. The molecule has 2 atom stereocenters. The highest BCUT2D eigenvalue weighted by molar-refractivity contribution is 7.99. The van der Waals surface area contributed by atoms with Crippen LogP contribution in [-0.2, 0) is 9.53 Å². The third-order valence-corrected chi connectivity index (χ3v) is 3.49. The number of thioether (sulfide) groups is 1. The molecule has 2 N–H and O–H groups in total. The molecule has 0 aromatic heterocycles. The molecule has 1 amide bonds. The molecule has 1 aliphatic rings. The van der Waals surface area contributed by atoms with Gasteiger partial charge in [-0.05, 0) is 32.9 Å². The Labute approximate surface area is 105 Å². The number of carbonyl (C=O) groups excluding carboxylic acids is 1. The number of carboxylic acid groups (broad SMARTS) is 1. The fourth-order valence-corrected chi connectivity index (χ4v) is 2.83. The second-order valence-corrected chi connectivity index (χ2v) is 6.21. The average molecular weight is 261 g/mol. The number of amides is 1. The maximum absolute atomic E-state index is 11.6. The van der Waals surface area contributed by atoms with Crippen molar-refractivity contribution >= 4 is 23.8 Å². The van der Waals surface area contributed by atoms with Gasteiger partial charge in [0, 0.05) is 11.8 Å². The zero-order chi connectivity index (χ0) is 13.1. The Bertz CT molecular complexity index is 300. The molecule has 1 heterocycles. The Kier molecular flexibility index (Phi) is 4.68. The highest BCUT2D eigenvalue weighted by atomic mass is 32.2. The topological polar surface area (TPSA) is 75.6 Å². The van der Waals surface area contributed by atoms with Gasteiger partial charge in [-0.3, -0.25) is 4.79 Å². The summed E-state index contributed by atoms with van der Waals surface area (Å²) < 4.78 is 5.12. The van der Waals surface area contributed by atoms with Gasteiger partial charge in [0.25, 0.3) is 0 Å². The van der Waals surface area contributed by atoms with Crippen LogP contribution >= 0.6 is 11.8 Å². The van der Waals surface area contributed by atoms with Crippen molar-refractivity contribution in [1.82, 2.24) is 5.32 Å². The molecule has 0 aromatic carbocycles. The number of rotatable bonds is 2. The normalized spacial score (nSPS) is 25.1. The molecule has 0 bridgehead atoms. The molecule has 6 heteroatoms. The van der Waals surface area contributed by atoms with Crippen LogP contribution < -0.4 is 5.32 Å². The predicted octanol–water partition coefficient (Wildman–Crippen LogP) is 1.72. The molecular formula is C11H19NO4S. The number of nitrogens with one attached hydrogen (secondary N) is 1. The first-order valence-corrected chi connectivity index (χ1v) is 6.75. The summed E-state index contributed by atoms with van der Waals surface area (Å²) in [6, 6.07) is -0.330. The van der Waals surface area contributed by atoms with Gasteiger partial charge in [-0.1, -0.05) is 0 Å². The molecule has 0 spiro atoms. The van der Waals surface area contributed by atoms with Gasteiger partial charge >= 0.3 is 12.1 Å². The van der Waals surface area contributed by atoms with Crippen LogP contribution in [0.25, 0.3) is 0 Å². The van der Waals surface area contributed by atoms with Crippen molar-refractivity contribution < 1.29 is 19.4 Å². The zero-order valence-corrected chi connectivity index (χ0v) is 11.2. The fraction of sp³-hybridized carbons (Fsp3) is 0.818. The van der Waals surface area contributed by atoms with Gasteiger partial charge < -0.3 is 15.2 Å². The van der Waals surface area contributed by atoms with Crippen molar-refractivity contribution in [2.75, 3.05) is 11.5 Å². The monoisotopic (exact) mass is 261 g/mol. The highest BCUT2D eigenvalue weighted by Crippen LogP contribution is 2.23. The van der Waals surface area contributed by atoms with E-state index in [9.17, 15) is 9.59 Å². The fourth-order valence-electron chi connectivity index (χ4n) is 1.61. The van der Waals surface area contributed by atoms with E-state index in [-0.39, 0.29) is 6.04 Å². The molecule has 5 nitrogen and oxygen atoms in total. The summed E-state index contributed by atoms with van der Waals surface area (Å²) in [5.74, 6) is 0.0135. The van der Waals surface area contributed by atoms with Crippen LogP contribution in [0.15, 0.2) is 0 Å². The molecule has 0 aromatic rings. The third kappa shape index (κ3) is 4.85. The van der Waals surface area contributed by atoms with Crippen molar-refractivity contribution in [3.63, 3.8) is 0 Å². The molecule has 1 aliphatic heterocycles. The Morgan fingerprint density at radius 1 is 1.41 bits per heavy atom. The van der Waals surface area contributed by atoms with Gasteiger partial charge in [0.05, 0.1) is 5.92 Å². The lowest BCUT2D eigenvalue weighted by Gasteiger charge is -2.30. The molecular weight excluding hydrogens is 242 g/mol. The molecule has 1 fully saturated rings. The number of carbonyl (C=O) groups is 2. The van der Waals surface area contributed by atoms with E-state index in [1.54, 1.807) is 32.5 Å². The van der Waals surface area contributed by atoms with Gasteiger partial charge in [-0.25, -0.2) is 4.79 Å². The first kappa shape index (κ1) is 14.2. The summed E-state index contributed by atoms with van der Waals surface area (Å²) in [5.41, 5.74) is -0.563. The smallest absolute Gasteiger partial charge is 0.407 e. The summed E-state index contributed by atoms with van der Waals surface area (Å²) in [4.78, 5) is 22.6. The van der Waals surface area contributed by atoms with Crippen LogP contribution in [0.2, 0.25) is 0 Å². The third-order valence-electron chi connectivity index (χ3n) is 2.38. The number of carboxylic acids is 1. The van der Waals surface area contributed by atoms with E-state index < -0.39 is 23.6 Å². The predicted molar refractivity (Wildman–Crippen MR) is 66.2 cm³/mol. The Morgan fingerprint density at radius 2 is 2.06 bits per heavy atom. The largest absolute Gasteiger partial charge is 0.481 e. The standard InChI is InChI=1S/C11H19NO4S/c1-11(2,3)16-10(15)12-8-4-5-17-6-7(8)9(13)14/h7-8H,4-6H2,1-3H3,(H,12,15)(H,13,14)/t7-,8+/m0/s1. The van der Waals surface area contributed by atoms with Crippen molar-refractivity contribution in [3.05, 3.63) is 0 Å². The van der Waals surface area contributed by atoms with Crippen molar-refractivity contribution in [3.8, 4) is 0 Å². The number of alkyl carbamates (subject to hydrolysis) is 1. The van der Waals surface area contributed by atoms with Gasteiger partial charge in [0.2, 0.25) is 0 Å². The average Bonchev–Trinajstić information content (AvgIpc) is 2.14. The number of hydrogen-bond donors (Lipinski definition) is 2. The van der Waals surface area contributed by atoms with Crippen molar-refractivity contribution in [2.45, 2.75) is 38.8 Å². The minimum atomic E-state index is -0.863. The van der Waals surface area contributed by atoms with Crippen molar-refractivity contribution in [1.29, 1.82) is 0 Å². The lowest BCUT2D eigenvalue weighted by Crippen LogP contribution is -2.48. The van der Waals surface area contributed by atoms with Gasteiger partial charge in [-0.15, -0.1) is 0 Å². The molecule has 1 rings (SSSR count). The summed E-state index contributed by atoms with van der Waals surface area (Å²) in [7, 11) is 0. The zero-order valence-electron chi connectivity index (χ0n) is 10.4. The lowest BCUT2D eigenvalue weighted by molar-refractivity contribution is -0.141. The molecule has 0 aliphatic carbocycles. The Hall–Kier alpha value is -0.910. The van der Waals surface area contributed by atoms with Crippen LogP contribution in [0.5, 0.6) is 0 Å². The maximum atomic E-state index is 11.6. The second kappa shape index (κ2) is 5.62. The van der Waals surface area contributed by atoms with E-state index in [2.05, 4.69) is 5.32 Å². The van der Waals surface area contributed by atoms with E-state index in [0.717, 1.165) is 5.75 Å². The SMILES string of the molecule is CC(C)(C)OC(=O)N[C@@H]1CCSC[C@@H]1C(=O)O. The van der Waals surface area contributed by atoms with Crippen LogP contribution in [0, 0.1) is 5.92 Å². The van der Waals surface area contributed by atoms with E-state index in [4.69, 9.17) is 9.84 Å². The number of aliphatic carboxylic acids is 1. The summed E-state index contributed by atoms with van der Waals surface area (Å²) in [5, 5.41) is 11.7. The van der Waals surface area contributed by atoms with E-state index in [0.29, 0.717) is 12.2 Å². The van der Waals surface area contributed by atoms with E-state index in [1.165, 1.54) is 0 Å². The second-order valence-electron chi connectivity index (χ2n) is 5.06. The number of hydrogen-bond acceptors (Lipinski definition) is 4. The van der Waals surface area contributed by atoms with Crippen molar-refractivity contribution in [2.24, 2.45) is 5.92 Å². The first-order chi connectivity index (χ1) is 7.79. The molecule has 0 saturated carbocycles. The summed E-state index contributed by atoms with van der Waals surface area (Å²) in [6.45, 7) is 5.33. The molecule has 98 valence electrons. The molecule has 0 unspecified atom stereocenters. The van der Waals surface area contributed by atoms with Crippen LogP contribution in [0.1, 0.15) is 27.2 Å².